The molecule has 9 nitrogen and oxygen atoms in total. The third-order valence-corrected chi connectivity index (χ3v) is 7.24. The van der Waals surface area contributed by atoms with Crippen LogP contribution in [0.3, 0.4) is 0 Å². The van der Waals surface area contributed by atoms with E-state index in [0.717, 1.165) is 30.2 Å². The molecule has 1 amide bonds. The van der Waals surface area contributed by atoms with Crippen LogP contribution in [-0.2, 0) is 0 Å². The number of carbonyl (C=O) groups excluding carboxylic acids is 1. The molecular weight excluding hydrogens is 454 g/mol. The van der Waals surface area contributed by atoms with Crippen LogP contribution >= 0.6 is 11.3 Å². The number of non-ortho nitro benzene ring substituents is 1. The molecule has 0 spiro atoms. The number of aryl methyl sites for hydroxylation is 1. The van der Waals surface area contributed by atoms with Gasteiger partial charge in [0.05, 0.1) is 23.4 Å². The lowest BCUT2D eigenvalue weighted by molar-refractivity contribution is -0.384. The number of methoxy groups -OCH3 is 1. The van der Waals surface area contributed by atoms with E-state index >= 15 is 0 Å². The minimum absolute atomic E-state index is 0.00424. The zero-order valence-electron chi connectivity index (χ0n) is 18.8. The van der Waals surface area contributed by atoms with E-state index in [1.165, 1.54) is 23.5 Å². The van der Waals surface area contributed by atoms with E-state index in [9.17, 15) is 14.9 Å². The summed E-state index contributed by atoms with van der Waals surface area (Å²) in [6.45, 7) is 4.60. The fraction of sp³-hybridized carbons (Fsp3) is 0.250. The minimum atomic E-state index is -0.419. The van der Waals surface area contributed by atoms with E-state index in [1.807, 2.05) is 46.7 Å². The number of para-hydroxylation sites is 2. The van der Waals surface area contributed by atoms with Crippen molar-refractivity contribution >= 4 is 33.6 Å². The van der Waals surface area contributed by atoms with E-state index in [4.69, 9.17) is 4.74 Å². The van der Waals surface area contributed by atoms with Gasteiger partial charge < -0.3 is 14.5 Å². The van der Waals surface area contributed by atoms with Gasteiger partial charge in [-0.2, -0.15) is 0 Å². The predicted octanol–water partition coefficient (Wildman–Crippen LogP) is 4.25. The van der Waals surface area contributed by atoms with Crippen LogP contribution in [0.4, 0.5) is 11.4 Å². The van der Waals surface area contributed by atoms with Crippen molar-refractivity contribution in [2.45, 2.75) is 6.92 Å². The zero-order chi connectivity index (χ0) is 23.8. The predicted molar refractivity (Wildman–Crippen MR) is 131 cm³/mol. The number of carbonyl (C=O) groups is 1. The molecule has 0 aliphatic carbocycles. The second-order valence-electron chi connectivity index (χ2n) is 8.05. The molecule has 1 saturated heterocycles. The number of thiazole rings is 1. The maximum absolute atomic E-state index is 13.3. The Labute approximate surface area is 200 Å². The highest BCUT2D eigenvalue weighted by Crippen LogP contribution is 2.31. The summed E-state index contributed by atoms with van der Waals surface area (Å²) >= 11 is 1.35. The molecule has 174 valence electrons. The molecule has 0 radical (unpaired) electrons. The average molecular weight is 478 g/mol. The number of nitro groups is 1. The van der Waals surface area contributed by atoms with Crippen molar-refractivity contribution in [1.29, 1.82) is 0 Å². The van der Waals surface area contributed by atoms with Gasteiger partial charge in [-0.3, -0.25) is 19.3 Å². The van der Waals surface area contributed by atoms with E-state index in [-0.39, 0.29) is 11.6 Å². The monoisotopic (exact) mass is 477 g/mol. The Bertz CT molecular complexity index is 1390. The number of piperazine rings is 1. The van der Waals surface area contributed by atoms with Crippen LogP contribution in [0, 0.1) is 17.0 Å². The van der Waals surface area contributed by atoms with E-state index in [0.29, 0.717) is 34.2 Å². The number of fused-ring (bicyclic) bond motifs is 1. The van der Waals surface area contributed by atoms with Crippen molar-refractivity contribution in [1.82, 2.24) is 14.3 Å². The third kappa shape index (κ3) is 3.86. The standard InChI is InChI=1S/C24H23N5O4S/c1-16-22(23(30)27-12-10-26(11-13-27)20-8-3-4-9-21(20)33-2)34-24-25-19(15-28(16)24)17-6-5-7-18(14-17)29(31)32/h3-9,14-15H,10-13H2,1-2H3. The molecular formula is C24H23N5O4S. The number of imidazole rings is 1. The molecule has 0 atom stereocenters. The summed E-state index contributed by atoms with van der Waals surface area (Å²) in [6.07, 6.45) is 1.83. The summed E-state index contributed by atoms with van der Waals surface area (Å²) in [5, 5.41) is 11.1. The van der Waals surface area contributed by atoms with Gasteiger partial charge in [0, 0.05) is 55.8 Å². The Morgan fingerprint density at radius 3 is 2.59 bits per heavy atom. The number of aromatic nitrogens is 2. The smallest absolute Gasteiger partial charge is 0.270 e. The van der Waals surface area contributed by atoms with Gasteiger partial charge in [-0.05, 0) is 19.1 Å². The molecule has 3 heterocycles. The van der Waals surface area contributed by atoms with E-state index in [2.05, 4.69) is 9.88 Å². The van der Waals surface area contributed by atoms with Gasteiger partial charge in [-0.15, -0.1) is 0 Å². The first-order chi connectivity index (χ1) is 16.5. The zero-order valence-corrected chi connectivity index (χ0v) is 19.6. The van der Waals surface area contributed by atoms with Crippen LogP contribution in [0.15, 0.2) is 54.7 Å². The quantitative estimate of drug-likeness (QED) is 0.315. The van der Waals surface area contributed by atoms with Gasteiger partial charge >= 0.3 is 0 Å². The number of benzene rings is 2. The second kappa shape index (κ2) is 8.79. The van der Waals surface area contributed by atoms with Crippen LogP contribution in [0.5, 0.6) is 5.75 Å². The van der Waals surface area contributed by atoms with Crippen molar-refractivity contribution in [3.8, 4) is 17.0 Å². The van der Waals surface area contributed by atoms with Crippen LogP contribution in [-0.4, -0.2) is 58.4 Å². The number of ether oxygens (including phenoxy) is 1. The Morgan fingerprint density at radius 2 is 1.88 bits per heavy atom. The molecule has 5 rings (SSSR count). The van der Waals surface area contributed by atoms with Gasteiger partial charge in [-0.1, -0.05) is 35.6 Å². The molecule has 10 heteroatoms. The number of nitro benzene ring substituents is 1. The maximum Gasteiger partial charge on any atom is 0.270 e. The molecule has 0 unspecified atom stereocenters. The minimum Gasteiger partial charge on any atom is -0.495 e. The summed E-state index contributed by atoms with van der Waals surface area (Å²) in [5.74, 6) is 0.835. The molecule has 34 heavy (non-hydrogen) atoms. The number of nitrogens with zero attached hydrogens (tertiary/aromatic N) is 5. The molecule has 0 bridgehead atoms. The Balaban J connectivity index is 1.33. The molecule has 1 aliphatic heterocycles. The highest BCUT2D eigenvalue weighted by atomic mass is 32.1. The Kier molecular flexibility index (Phi) is 5.66. The number of rotatable bonds is 5. The lowest BCUT2D eigenvalue weighted by Crippen LogP contribution is -2.48. The summed E-state index contributed by atoms with van der Waals surface area (Å²) in [6, 6.07) is 14.3. The molecule has 1 aliphatic rings. The van der Waals surface area contributed by atoms with Crippen LogP contribution < -0.4 is 9.64 Å². The average Bonchev–Trinajstić information content (AvgIpc) is 3.43. The van der Waals surface area contributed by atoms with Crippen LogP contribution in [0.2, 0.25) is 0 Å². The Morgan fingerprint density at radius 1 is 1.12 bits per heavy atom. The molecule has 0 saturated carbocycles. The molecule has 0 N–H and O–H groups in total. The van der Waals surface area contributed by atoms with Crippen molar-refractivity contribution < 1.29 is 14.5 Å². The molecule has 1 fully saturated rings. The topological polar surface area (TPSA) is 93.2 Å². The van der Waals surface area contributed by atoms with Gasteiger partial charge in [0.15, 0.2) is 4.96 Å². The van der Waals surface area contributed by atoms with Crippen LogP contribution in [0.25, 0.3) is 16.2 Å². The van der Waals surface area contributed by atoms with Gasteiger partial charge in [0.1, 0.15) is 10.6 Å². The summed E-state index contributed by atoms with van der Waals surface area (Å²) in [7, 11) is 1.67. The number of hydrogen-bond donors (Lipinski definition) is 0. The molecule has 4 aromatic rings. The second-order valence-corrected chi connectivity index (χ2v) is 9.03. The summed E-state index contributed by atoms with van der Waals surface area (Å²) in [5.41, 5.74) is 3.19. The van der Waals surface area contributed by atoms with Gasteiger partial charge in [-0.25, -0.2) is 4.98 Å². The fourth-order valence-electron chi connectivity index (χ4n) is 4.25. The SMILES string of the molecule is COc1ccccc1N1CCN(C(=O)c2sc3nc(-c4cccc([N+](=O)[O-])c4)cn3c2C)CC1. The third-order valence-electron chi connectivity index (χ3n) is 6.10. The first-order valence-corrected chi connectivity index (χ1v) is 11.7. The number of amides is 1. The van der Waals surface area contributed by atoms with Crippen molar-refractivity contribution in [3.05, 3.63) is 75.4 Å². The normalized spacial score (nSPS) is 13.9. The maximum atomic E-state index is 13.3. The van der Waals surface area contributed by atoms with Crippen molar-refractivity contribution in [3.63, 3.8) is 0 Å². The Hall–Kier alpha value is -3.92. The molecule has 2 aromatic heterocycles. The van der Waals surface area contributed by atoms with Crippen molar-refractivity contribution in [2.24, 2.45) is 0 Å². The summed E-state index contributed by atoms with van der Waals surface area (Å²) in [4.78, 5) is 34.1. The van der Waals surface area contributed by atoms with Gasteiger partial charge in [0.2, 0.25) is 0 Å². The lowest BCUT2D eigenvalue weighted by Gasteiger charge is -2.36. The molecule has 2 aromatic carbocycles. The lowest BCUT2D eigenvalue weighted by atomic mass is 10.1. The van der Waals surface area contributed by atoms with E-state index < -0.39 is 4.92 Å². The summed E-state index contributed by atoms with van der Waals surface area (Å²) < 4.78 is 7.36. The fourth-order valence-corrected chi connectivity index (χ4v) is 5.33. The highest BCUT2D eigenvalue weighted by molar-refractivity contribution is 7.19. The highest BCUT2D eigenvalue weighted by Gasteiger charge is 2.27. The van der Waals surface area contributed by atoms with Crippen LogP contribution in [0.1, 0.15) is 15.4 Å². The van der Waals surface area contributed by atoms with Gasteiger partial charge in [0.25, 0.3) is 11.6 Å². The van der Waals surface area contributed by atoms with E-state index in [1.54, 1.807) is 19.2 Å². The van der Waals surface area contributed by atoms with Crippen molar-refractivity contribution in [2.75, 3.05) is 38.2 Å². The number of anilines is 1. The largest absolute Gasteiger partial charge is 0.495 e. The number of hydrogen-bond acceptors (Lipinski definition) is 7. The first kappa shape index (κ1) is 21.9. The first-order valence-electron chi connectivity index (χ1n) is 10.9.